The maximum absolute atomic E-state index is 9.65. The predicted molar refractivity (Wildman–Crippen MR) is 74.2 cm³/mol. The lowest BCUT2D eigenvalue weighted by molar-refractivity contribution is 0.474. The molecule has 0 aliphatic heterocycles. The Kier molecular flexibility index (Phi) is 3.75. The second-order valence-electron chi connectivity index (χ2n) is 3.62. The topological polar surface area (TPSA) is 56.4 Å². The molecule has 1 N–H and O–H groups in total. The van der Waals surface area contributed by atoms with Crippen LogP contribution in [-0.2, 0) is 0 Å². The van der Waals surface area contributed by atoms with Gasteiger partial charge in [0, 0.05) is 16.3 Å². The first kappa shape index (κ1) is 12.3. The highest BCUT2D eigenvalue weighted by Crippen LogP contribution is 2.21. The summed E-state index contributed by atoms with van der Waals surface area (Å²) in [5, 5.41) is 18.4. The van der Waals surface area contributed by atoms with E-state index in [1.807, 2.05) is 0 Å². The number of nitriles is 1. The number of nitrogens with zero attached hydrogens (tertiary/aromatic N) is 2. The Balaban J connectivity index is 2.30. The Bertz CT molecular complexity index is 644. The zero-order chi connectivity index (χ0) is 13.0. The molecule has 4 heteroatoms. The molecule has 0 saturated heterocycles. The molecule has 0 unspecified atom stereocenters. The monoisotopic (exact) mass is 300 g/mol. The molecular weight excluding hydrogens is 292 g/mol. The van der Waals surface area contributed by atoms with Crippen molar-refractivity contribution in [3.05, 3.63) is 58.1 Å². The number of phenols is 1. The first-order valence-electron chi connectivity index (χ1n) is 5.22. The Hall–Kier alpha value is -2.12. The van der Waals surface area contributed by atoms with Gasteiger partial charge >= 0.3 is 0 Å². The molecule has 0 fully saturated rings. The van der Waals surface area contributed by atoms with Crippen LogP contribution < -0.4 is 0 Å². The lowest BCUT2D eigenvalue weighted by atomic mass is 10.2. The van der Waals surface area contributed by atoms with Crippen molar-refractivity contribution >= 4 is 27.8 Å². The smallest absolute Gasteiger partial charge is 0.124 e. The molecule has 0 aromatic heterocycles. The van der Waals surface area contributed by atoms with Gasteiger partial charge in [-0.25, -0.2) is 0 Å². The van der Waals surface area contributed by atoms with Crippen LogP contribution in [0.15, 0.2) is 51.9 Å². The highest BCUT2D eigenvalue weighted by molar-refractivity contribution is 9.10. The summed E-state index contributed by atoms with van der Waals surface area (Å²) in [6.07, 6.45) is 1.57. The minimum atomic E-state index is 0.165. The minimum Gasteiger partial charge on any atom is -0.507 e. The molecular formula is C14H9BrN2O. The van der Waals surface area contributed by atoms with E-state index in [1.54, 1.807) is 48.7 Å². The van der Waals surface area contributed by atoms with E-state index < -0.39 is 0 Å². The fraction of sp³-hybridized carbons (Fsp3) is 0. The number of aromatic hydroxyl groups is 1. The van der Waals surface area contributed by atoms with Crippen LogP contribution in [0.25, 0.3) is 0 Å². The van der Waals surface area contributed by atoms with Crippen LogP contribution in [0.2, 0.25) is 0 Å². The van der Waals surface area contributed by atoms with E-state index in [1.165, 1.54) is 0 Å². The summed E-state index contributed by atoms with van der Waals surface area (Å²) < 4.78 is 0.868. The van der Waals surface area contributed by atoms with Gasteiger partial charge in [-0.1, -0.05) is 22.0 Å². The summed E-state index contributed by atoms with van der Waals surface area (Å²) in [4.78, 5) is 4.23. The summed E-state index contributed by atoms with van der Waals surface area (Å²) in [6.45, 7) is 0. The van der Waals surface area contributed by atoms with Gasteiger partial charge in [0.05, 0.1) is 17.3 Å². The van der Waals surface area contributed by atoms with Gasteiger partial charge < -0.3 is 5.11 Å². The summed E-state index contributed by atoms with van der Waals surface area (Å²) in [5.41, 5.74) is 1.85. The number of halogens is 1. The van der Waals surface area contributed by atoms with Gasteiger partial charge in [-0.2, -0.15) is 5.26 Å². The number of hydrogen-bond donors (Lipinski definition) is 1. The lowest BCUT2D eigenvalue weighted by Gasteiger charge is -1.99. The molecule has 0 aliphatic carbocycles. The summed E-state index contributed by atoms with van der Waals surface area (Å²) in [7, 11) is 0. The molecule has 0 saturated carbocycles. The number of aliphatic imine (C=N–C) groups is 1. The maximum Gasteiger partial charge on any atom is 0.124 e. The van der Waals surface area contributed by atoms with Gasteiger partial charge in [-0.15, -0.1) is 0 Å². The highest BCUT2D eigenvalue weighted by atomic mass is 79.9. The van der Waals surface area contributed by atoms with Crippen LogP contribution >= 0.6 is 15.9 Å². The van der Waals surface area contributed by atoms with E-state index in [9.17, 15) is 5.11 Å². The number of hydrogen-bond acceptors (Lipinski definition) is 3. The lowest BCUT2D eigenvalue weighted by Crippen LogP contribution is -1.82. The normalized spacial score (nSPS) is 10.4. The van der Waals surface area contributed by atoms with Crippen LogP contribution in [0, 0.1) is 11.3 Å². The third-order valence-electron chi connectivity index (χ3n) is 2.32. The van der Waals surface area contributed by atoms with Crippen molar-refractivity contribution in [2.45, 2.75) is 0 Å². The molecule has 0 radical (unpaired) electrons. The molecule has 2 aromatic rings. The average Bonchev–Trinajstić information content (AvgIpc) is 2.40. The first-order chi connectivity index (χ1) is 8.69. The summed E-state index contributed by atoms with van der Waals surface area (Å²) in [5.74, 6) is 0.165. The molecule has 3 nitrogen and oxygen atoms in total. The first-order valence-corrected chi connectivity index (χ1v) is 6.01. The fourth-order valence-electron chi connectivity index (χ4n) is 1.43. The zero-order valence-electron chi connectivity index (χ0n) is 9.34. The Morgan fingerprint density at radius 1 is 1.22 bits per heavy atom. The number of benzene rings is 2. The molecule has 2 rings (SSSR count). The predicted octanol–water partition coefficient (Wildman–Crippen LogP) is 3.78. The molecule has 0 spiro atoms. The van der Waals surface area contributed by atoms with Crippen molar-refractivity contribution in [2.75, 3.05) is 0 Å². The second kappa shape index (κ2) is 5.48. The van der Waals surface area contributed by atoms with Crippen molar-refractivity contribution in [1.29, 1.82) is 5.26 Å². The Labute approximate surface area is 113 Å². The molecule has 88 valence electrons. The summed E-state index contributed by atoms with van der Waals surface area (Å²) in [6, 6.07) is 14.1. The Morgan fingerprint density at radius 3 is 2.83 bits per heavy atom. The van der Waals surface area contributed by atoms with E-state index in [0.717, 1.165) is 4.47 Å². The van der Waals surface area contributed by atoms with Gasteiger partial charge in [0.2, 0.25) is 0 Å². The molecule has 0 heterocycles. The molecule has 0 bridgehead atoms. The highest BCUT2D eigenvalue weighted by Gasteiger charge is 1.99. The van der Waals surface area contributed by atoms with Crippen LogP contribution in [0.1, 0.15) is 11.1 Å². The molecule has 0 atom stereocenters. The van der Waals surface area contributed by atoms with Gasteiger partial charge in [0.25, 0.3) is 0 Å². The standard InChI is InChI=1S/C14H9BrN2O/c15-12-4-5-14(18)11(7-12)9-17-13-3-1-2-10(6-13)8-16/h1-7,9,18H. The van der Waals surface area contributed by atoms with E-state index in [0.29, 0.717) is 16.8 Å². The average molecular weight is 301 g/mol. The Morgan fingerprint density at radius 2 is 2.06 bits per heavy atom. The number of rotatable bonds is 2. The quantitative estimate of drug-likeness (QED) is 0.858. The van der Waals surface area contributed by atoms with Crippen LogP contribution in [0.5, 0.6) is 5.75 Å². The third kappa shape index (κ3) is 2.96. The van der Waals surface area contributed by atoms with Crippen molar-refractivity contribution in [3.63, 3.8) is 0 Å². The maximum atomic E-state index is 9.65. The van der Waals surface area contributed by atoms with Gasteiger partial charge in [0.1, 0.15) is 5.75 Å². The second-order valence-corrected chi connectivity index (χ2v) is 4.54. The van der Waals surface area contributed by atoms with Crippen molar-refractivity contribution in [2.24, 2.45) is 4.99 Å². The number of phenolic OH excluding ortho intramolecular Hbond substituents is 1. The summed E-state index contributed by atoms with van der Waals surface area (Å²) >= 11 is 3.33. The largest absolute Gasteiger partial charge is 0.507 e. The molecule has 0 amide bonds. The van der Waals surface area contributed by atoms with Crippen LogP contribution in [0.3, 0.4) is 0 Å². The van der Waals surface area contributed by atoms with Gasteiger partial charge in [0.15, 0.2) is 0 Å². The minimum absolute atomic E-state index is 0.165. The van der Waals surface area contributed by atoms with E-state index >= 15 is 0 Å². The van der Waals surface area contributed by atoms with E-state index in [4.69, 9.17) is 5.26 Å². The fourth-order valence-corrected chi connectivity index (χ4v) is 1.81. The molecule has 18 heavy (non-hydrogen) atoms. The zero-order valence-corrected chi connectivity index (χ0v) is 10.9. The van der Waals surface area contributed by atoms with Gasteiger partial charge in [-0.05, 0) is 36.4 Å². The third-order valence-corrected chi connectivity index (χ3v) is 2.81. The van der Waals surface area contributed by atoms with Gasteiger partial charge in [-0.3, -0.25) is 4.99 Å². The van der Waals surface area contributed by atoms with Crippen molar-refractivity contribution in [3.8, 4) is 11.8 Å². The van der Waals surface area contributed by atoms with Crippen molar-refractivity contribution in [1.82, 2.24) is 0 Å². The van der Waals surface area contributed by atoms with Crippen LogP contribution in [-0.4, -0.2) is 11.3 Å². The van der Waals surface area contributed by atoms with E-state index in [-0.39, 0.29) is 5.75 Å². The van der Waals surface area contributed by atoms with E-state index in [2.05, 4.69) is 27.0 Å². The van der Waals surface area contributed by atoms with Crippen LogP contribution in [0.4, 0.5) is 5.69 Å². The van der Waals surface area contributed by atoms with Crippen molar-refractivity contribution < 1.29 is 5.11 Å². The molecule has 0 aliphatic rings. The molecule has 2 aromatic carbocycles. The SMILES string of the molecule is N#Cc1cccc(N=Cc2cc(Br)ccc2O)c1.